The van der Waals surface area contributed by atoms with E-state index in [1.54, 1.807) is 19.1 Å². The highest BCUT2D eigenvalue weighted by atomic mass is 16.6. The molecule has 4 rings (SSSR count). The van der Waals surface area contributed by atoms with Gasteiger partial charge in [-0.25, -0.2) is 4.79 Å². The van der Waals surface area contributed by atoms with E-state index in [0.29, 0.717) is 30.9 Å². The van der Waals surface area contributed by atoms with Crippen LogP contribution < -0.4 is 31.6 Å². The molecule has 0 bridgehead atoms. The van der Waals surface area contributed by atoms with E-state index in [4.69, 9.17) is 30.4 Å². The van der Waals surface area contributed by atoms with Gasteiger partial charge < -0.3 is 60.9 Å². The SMILES string of the molecule is CCOC(=O)CN(C)C(=O)[C@H](CN(C)C(=O)OC1=CCC2(O)[C@@H](C)N(C)CC[C@@]23c2c(C)ccc(OC)c2OC13)NC(=O)[C@H](CCCN=C(N)N)NC(C)=O. The molecule has 1 aromatic rings. The Morgan fingerprint density at radius 3 is 2.49 bits per heavy atom. The number of guanidine groups is 1. The first-order valence-electron chi connectivity index (χ1n) is 18.4. The predicted molar refractivity (Wildman–Crippen MR) is 201 cm³/mol. The molecule has 1 saturated heterocycles. The second kappa shape index (κ2) is 17.6. The maximum Gasteiger partial charge on any atom is 0.414 e. The molecule has 0 saturated carbocycles. The number of aryl methyl sites for hydroxylation is 1. The molecule has 0 aromatic heterocycles. The Bertz CT molecular complexity index is 1700. The highest BCUT2D eigenvalue weighted by Crippen LogP contribution is 2.62. The Labute approximate surface area is 321 Å². The number of aliphatic imine (C=N–C) groups is 1. The van der Waals surface area contributed by atoms with Crippen molar-refractivity contribution in [1.29, 1.82) is 0 Å². The van der Waals surface area contributed by atoms with E-state index in [1.165, 1.54) is 28.1 Å². The van der Waals surface area contributed by atoms with Crippen molar-refractivity contribution in [2.24, 2.45) is 16.5 Å². The zero-order valence-electron chi connectivity index (χ0n) is 33.0. The van der Waals surface area contributed by atoms with E-state index in [2.05, 4.69) is 20.5 Å². The minimum absolute atomic E-state index is 0.0974. The molecule has 304 valence electrons. The van der Waals surface area contributed by atoms with Crippen LogP contribution in [-0.2, 0) is 34.1 Å². The standard InChI is InChI=1S/C37H56N8O10/c1-9-53-28(47)20-44(6)33(49)25(42-32(48)24(41-23(4)46)11-10-17-40-34(38)39)19-45(7)35(50)54-27-14-15-37(51)22(3)43(5)18-16-36(37)29-21(2)12-13-26(52-8)30(29)55-31(27)36/h12-14,22,24-25,31,51H,9-11,15-20H2,1-8H3,(H,41,46)(H,42,48)(H4,38,39,40)/t22-,24+,25+,31?,36+,37?/m1/s1. The van der Waals surface area contributed by atoms with Crippen molar-refractivity contribution in [3.8, 4) is 11.5 Å². The molecule has 3 aliphatic rings. The largest absolute Gasteiger partial charge is 0.493 e. The van der Waals surface area contributed by atoms with Crippen LogP contribution in [0.4, 0.5) is 4.79 Å². The van der Waals surface area contributed by atoms with Crippen molar-refractivity contribution in [3.63, 3.8) is 0 Å². The summed E-state index contributed by atoms with van der Waals surface area (Å²) in [5, 5.41) is 17.8. The number of benzene rings is 1. The smallest absolute Gasteiger partial charge is 0.414 e. The minimum atomic E-state index is -1.39. The third-order valence-corrected chi connectivity index (χ3v) is 10.8. The highest BCUT2D eigenvalue weighted by Gasteiger charge is 2.69. The molecule has 2 unspecified atom stereocenters. The third-order valence-electron chi connectivity index (χ3n) is 10.8. The summed E-state index contributed by atoms with van der Waals surface area (Å²) >= 11 is 0. The van der Waals surface area contributed by atoms with Crippen LogP contribution in [0.2, 0.25) is 0 Å². The van der Waals surface area contributed by atoms with Gasteiger partial charge in [-0.05, 0) is 71.3 Å². The summed E-state index contributed by atoms with van der Waals surface area (Å²) in [6.45, 7) is 6.91. The number of esters is 1. The molecule has 2 aliphatic heterocycles. The number of likely N-dealkylation sites (tertiary alicyclic amines) is 1. The molecule has 18 heteroatoms. The van der Waals surface area contributed by atoms with Crippen LogP contribution in [-0.4, -0.2) is 146 Å². The lowest BCUT2D eigenvalue weighted by Crippen LogP contribution is -2.71. The van der Waals surface area contributed by atoms with Crippen LogP contribution >= 0.6 is 0 Å². The number of likely N-dealkylation sites (N-methyl/N-ethyl adjacent to an activating group) is 3. The molecule has 18 nitrogen and oxygen atoms in total. The lowest BCUT2D eigenvalue weighted by molar-refractivity contribution is -0.153. The van der Waals surface area contributed by atoms with Crippen molar-refractivity contribution >= 4 is 35.7 Å². The van der Waals surface area contributed by atoms with Crippen LogP contribution in [0.5, 0.6) is 11.5 Å². The van der Waals surface area contributed by atoms with Gasteiger partial charge in [0.25, 0.3) is 0 Å². The summed E-state index contributed by atoms with van der Waals surface area (Å²) in [6.07, 6.45) is 1.01. The molecule has 4 amide bonds. The van der Waals surface area contributed by atoms with Gasteiger partial charge in [-0.2, -0.15) is 0 Å². The van der Waals surface area contributed by atoms with Gasteiger partial charge in [0, 0.05) is 45.6 Å². The molecule has 1 spiro atoms. The van der Waals surface area contributed by atoms with Crippen molar-refractivity contribution in [2.75, 3.05) is 61.0 Å². The lowest BCUT2D eigenvalue weighted by atomic mass is 9.54. The quantitative estimate of drug-likeness (QED) is 0.0677. The van der Waals surface area contributed by atoms with Crippen molar-refractivity contribution in [2.45, 2.75) is 88.6 Å². The third kappa shape index (κ3) is 8.75. The van der Waals surface area contributed by atoms with Crippen molar-refractivity contribution in [3.05, 3.63) is 35.1 Å². The number of fused-ring (bicyclic) bond motifs is 1. The first-order chi connectivity index (χ1) is 25.9. The number of nitrogens with zero attached hydrogens (tertiary/aromatic N) is 4. The van der Waals surface area contributed by atoms with Crippen LogP contribution in [0.25, 0.3) is 0 Å². The summed E-state index contributed by atoms with van der Waals surface area (Å²) in [5.41, 5.74) is 10.2. The number of rotatable bonds is 15. The average molecular weight is 773 g/mol. The Hall–Kier alpha value is -5.10. The molecular formula is C37H56N8O10. The topological polar surface area (TPSA) is 241 Å². The van der Waals surface area contributed by atoms with E-state index < -0.39 is 65.5 Å². The van der Waals surface area contributed by atoms with Gasteiger partial charge in [-0.3, -0.25) is 24.2 Å². The molecule has 0 radical (unpaired) electrons. The summed E-state index contributed by atoms with van der Waals surface area (Å²) in [6, 6.07) is 0.979. The Kier molecular flexibility index (Phi) is 13.6. The van der Waals surface area contributed by atoms with Gasteiger partial charge in [0.15, 0.2) is 23.6 Å². The Morgan fingerprint density at radius 2 is 1.85 bits per heavy atom. The molecule has 2 heterocycles. The maximum atomic E-state index is 13.9. The first-order valence-corrected chi connectivity index (χ1v) is 18.4. The molecule has 55 heavy (non-hydrogen) atoms. The second-order valence-electron chi connectivity index (χ2n) is 14.4. The normalized spacial score (nSPS) is 23.5. The number of methoxy groups -OCH3 is 1. The van der Waals surface area contributed by atoms with E-state index in [0.717, 1.165) is 20.9 Å². The Balaban J connectivity index is 1.61. The van der Waals surface area contributed by atoms with E-state index in [9.17, 15) is 29.1 Å². The summed E-state index contributed by atoms with van der Waals surface area (Å²) < 4.78 is 23.3. The maximum absolute atomic E-state index is 13.9. The van der Waals surface area contributed by atoms with Gasteiger partial charge in [-0.15, -0.1) is 0 Å². The van der Waals surface area contributed by atoms with Crippen LogP contribution in [0.15, 0.2) is 29.0 Å². The fourth-order valence-corrected chi connectivity index (χ4v) is 7.90. The number of aliphatic hydroxyl groups is 1. The molecular weight excluding hydrogens is 716 g/mol. The van der Waals surface area contributed by atoms with Crippen molar-refractivity contribution in [1.82, 2.24) is 25.3 Å². The summed E-state index contributed by atoms with van der Waals surface area (Å²) in [7, 11) is 6.25. The number of hydrogen-bond donors (Lipinski definition) is 5. The van der Waals surface area contributed by atoms with Gasteiger partial charge in [-0.1, -0.05) is 6.07 Å². The van der Waals surface area contributed by atoms with Crippen LogP contribution in [0, 0.1) is 6.92 Å². The zero-order valence-corrected chi connectivity index (χ0v) is 33.0. The van der Waals surface area contributed by atoms with Gasteiger partial charge in [0.1, 0.15) is 24.4 Å². The number of carbonyl (C=O) groups is 5. The monoisotopic (exact) mass is 772 g/mol. The molecule has 1 aliphatic carbocycles. The second-order valence-corrected chi connectivity index (χ2v) is 14.4. The summed E-state index contributed by atoms with van der Waals surface area (Å²) in [4.78, 5) is 73.8. The number of nitrogens with two attached hydrogens (primary N) is 2. The number of carbonyl (C=O) groups excluding carboxylic acids is 5. The van der Waals surface area contributed by atoms with E-state index in [-0.39, 0.29) is 50.3 Å². The van der Waals surface area contributed by atoms with E-state index >= 15 is 0 Å². The number of hydrogen-bond acceptors (Lipinski definition) is 12. The highest BCUT2D eigenvalue weighted by molar-refractivity contribution is 5.93. The number of nitrogens with one attached hydrogen (secondary N) is 2. The molecule has 6 atom stereocenters. The molecule has 7 N–H and O–H groups in total. The predicted octanol–water partition coefficient (Wildman–Crippen LogP) is -0.122. The van der Waals surface area contributed by atoms with Crippen molar-refractivity contribution < 1.29 is 48.0 Å². The van der Waals surface area contributed by atoms with Gasteiger partial charge in [0.05, 0.1) is 31.3 Å². The average Bonchev–Trinajstić information content (AvgIpc) is 3.49. The van der Waals surface area contributed by atoms with Gasteiger partial charge >= 0.3 is 12.1 Å². The zero-order chi connectivity index (χ0) is 40.8. The fourth-order valence-electron chi connectivity index (χ4n) is 7.90. The Morgan fingerprint density at radius 1 is 1.15 bits per heavy atom. The minimum Gasteiger partial charge on any atom is -0.493 e. The lowest BCUT2D eigenvalue weighted by Gasteiger charge is -2.58. The summed E-state index contributed by atoms with van der Waals surface area (Å²) in [5.74, 6) is -1.55. The molecule has 1 aromatic carbocycles. The van der Waals surface area contributed by atoms with Crippen LogP contribution in [0.1, 0.15) is 57.6 Å². The van der Waals surface area contributed by atoms with Gasteiger partial charge in [0.2, 0.25) is 17.7 Å². The fraction of sp³-hybridized carbons (Fsp3) is 0.622. The first kappa shape index (κ1) is 42.6. The van der Waals surface area contributed by atoms with E-state index in [1.807, 2.05) is 27.0 Å². The number of piperidine rings is 1. The van der Waals surface area contributed by atoms with Crippen LogP contribution in [0.3, 0.4) is 0 Å². The number of amides is 4. The molecule has 1 fully saturated rings. The number of ether oxygens (including phenoxy) is 4.